The van der Waals surface area contributed by atoms with E-state index < -0.39 is 10.0 Å². The summed E-state index contributed by atoms with van der Waals surface area (Å²) < 4.78 is 26.1. The quantitative estimate of drug-likeness (QED) is 0.834. The van der Waals surface area contributed by atoms with Gasteiger partial charge in [0.05, 0.1) is 4.90 Å². The van der Waals surface area contributed by atoms with Crippen molar-refractivity contribution in [1.29, 1.82) is 0 Å². The average molecular weight is 285 g/mol. The zero-order chi connectivity index (χ0) is 14.5. The first-order valence-electron chi connectivity index (χ1n) is 6.54. The summed E-state index contributed by atoms with van der Waals surface area (Å²) in [5.41, 5.74) is 0. The molecule has 0 amide bonds. The molecule has 0 saturated carbocycles. The van der Waals surface area contributed by atoms with Crippen molar-refractivity contribution in [1.82, 2.24) is 9.29 Å². The van der Waals surface area contributed by atoms with Crippen LogP contribution in [0, 0.1) is 5.92 Å². The molecule has 0 atom stereocenters. The van der Waals surface area contributed by atoms with Gasteiger partial charge in [0.2, 0.25) is 10.0 Å². The van der Waals surface area contributed by atoms with Gasteiger partial charge in [-0.1, -0.05) is 20.8 Å². The van der Waals surface area contributed by atoms with Gasteiger partial charge in [-0.15, -0.1) is 0 Å². The molecule has 1 N–H and O–H groups in total. The van der Waals surface area contributed by atoms with Gasteiger partial charge >= 0.3 is 0 Å². The number of nitrogens with one attached hydrogen (secondary N) is 1. The van der Waals surface area contributed by atoms with E-state index in [0.717, 1.165) is 13.0 Å². The second-order valence-corrected chi connectivity index (χ2v) is 7.03. The van der Waals surface area contributed by atoms with Crippen molar-refractivity contribution in [3.05, 3.63) is 18.3 Å². The third-order valence-electron chi connectivity index (χ3n) is 2.62. The number of hydrogen-bond donors (Lipinski definition) is 1. The summed E-state index contributed by atoms with van der Waals surface area (Å²) in [6.07, 6.45) is 2.49. The molecule has 0 aliphatic heterocycles. The van der Waals surface area contributed by atoms with E-state index in [9.17, 15) is 8.42 Å². The largest absolute Gasteiger partial charge is 0.370 e. The highest BCUT2D eigenvalue weighted by Gasteiger charge is 2.21. The van der Waals surface area contributed by atoms with E-state index in [1.165, 1.54) is 16.6 Å². The Kier molecular flexibility index (Phi) is 5.75. The van der Waals surface area contributed by atoms with Crippen LogP contribution in [-0.2, 0) is 10.0 Å². The Labute approximate surface area is 116 Å². The van der Waals surface area contributed by atoms with Crippen molar-refractivity contribution in [2.24, 2.45) is 5.92 Å². The molecule has 0 fully saturated rings. The van der Waals surface area contributed by atoms with E-state index in [-0.39, 0.29) is 4.90 Å². The van der Waals surface area contributed by atoms with Crippen molar-refractivity contribution in [2.75, 3.05) is 25.5 Å². The summed E-state index contributed by atoms with van der Waals surface area (Å²) in [5.74, 6) is 0.889. The highest BCUT2D eigenvalue weighted by Crippen LogP contribution is 2.17. The van der Waals surface area contributed by atoms with Gasteiger partial charge < -0.3 is 5.32 Å². The number of rotatable bonds is 7. The van der Waals surface area contributed by atoms with Crippen LogP contribution in [0.15, 0.2) is 23.2 Å². The lowest BCUT2D eigenvalue weighted by atomic mass is 10.2. The first kappa shape index (κ1) is 15.9. The topological polar surface area (TPSA) is 62.3 Å². The number of anilines is 1. The van der Waals surface area contributed by atoms with Gasteiger partial charge in [0.15, 0.2) is 0 Å². The van der Waals surface area contributed by atoms with E-state index in [1.54, 1.807) is 13.1 Å². The zero-order valence-electron chi connectivity index (χ0n) is 12.0. The molecule has 0 aliphatic rings. The van der Waals surface area contributed by atoms with Crippen molar-refractivity contribution in [3.63, 3.8) is 0 Å². The van der Waals surface area contributed by atoms with Crippen LogP contribution in [0.4, 0.5) is 5.82 Å². The number of sulfonamides is 1. The van der Waals surface area contributed by atoms with Crippen LogP contribution in [0.25, 0.3) is 0 Å². The highest BCUT2D eigenvalue weighted by atomic mass is 32.2. The predicted molar refractivity (Wildman–Crippen MR) is 77.7 cm³/mol. The zero-order valence-corrected chi connectivity index (χ0v) is 12.9. The fraction of sp³-hybridized carbons (Fsp3) is 0.615. The Morgan fingerprint density at radius 2 is 2.11 bits per heavy atom. The molecule has 19 heavy (non-hydrogen) atoms. The minimum Gasteiger partial charge on any atom is -0.370 e. The molecule has 0 radical (unpaired) electrons. The van der Waals surface area contributed by atoms with Crippen molar-refractivity contribution < 1.29 is 8.42 Å². The average Bonchev–Trinajstić information content (AvgIpc) is 2.35. The van der Waals surface area contributed by atoms with E-state index in [4.69, 9.17) is 0 Å². The molecule has 5 nitrogen and oxygen atoms in total. The number of nitrogens with zero attached hydrogens (tertiary/aromatic N) is 2. The summed E-state index contributed by atoms with van der Waals surface area (Å²) in [6.45, 7) is 7.31. The van der Waals surface area contributed by atoms with Crippen LogP contribution in [0.2, 0.25) is 0 Å². The predicted octanol–water partition coefficient (Wildman–Crippen LogP) is 2.18. The molecule has 0 bridgehead atoms. The molecule has 0 aliphatic carbocycles. The molecule has 1 rings (SSSR count). The summed E-state index contributed by atoms with van der Waals surface area (Å²) in [6, 6.07) is 3.12. The van der Waals surface area contributed by atoms with Crippen LogP contribution >= 0.6 is 0 Å². The third-order valence-corrected chi connectivity index (χ3v) is 4.44. The molecule has 0 aromatic carbocycles. The normalized spacial score (nSPS) is 12.1. The maximum atomic E-state index is 12.4. The van der Waals surface area contributed by atoms with E-state index in [0.29, 0.717) is 18.3 Å². The number of aromatic nitrogens is 1. The van der Waals surface area contributed by atoms with Gasteiger partial charge in [-0.2, -0.15) is 0 Å². The molecule has 0 spiro atoms. The summed E-state index contributed by atoms with van der Waals surface area (Å²) >= 11 is 0. The smallest absolute Gasteiger partial charge is 0.243 e. The second kappa shape index (κ2) is 6.86. The van der Waals surface area contributed by atoms with E-state index in [2.05, 4.69) is 10.3 Å². The Hall–Kier alpha value is -1.14. The van der Waals surface area contributed by atoms with Crippen LogP contribution in [0.5, 0.6) is 0 Å². The van der Waals surface area contributed by atoms with Crippen LogP contribution in [0.1, 0.15) is 27.2 Å². The van der Waals surface area contributed by atoms with Gasteiger partial charge in [-0.25, -0.2) is 17.7 Å². The first-order valence-corrected chi connectivity index (χ1v) is 7.98. The van der Waals surface area contributed by atoms with Gasteiger partial charge in [-0.3, -0.25) is 0 Å². The standard InChI is InChI=1S/C13H23N3O2S/c1-5-7-14-13-9-12(6-8-15-13)19(17,18)16(4)10-11(2)3/h6,8-9,11H,5,7,10H2,1-4H3,(H,14,15). The molecule has 6 heteroatoms. The lowest BCUT2D eigenvalue weighted by molar-refractivity contribution is 0.417. The Bertz CT molecular complexity index is 500. The summed E-state index contributed by atoms with van der Waals surface area (Å²) in [4.78, 5) is 4.40. The second-order valence-electron chi connectivity index (χ2n) is 4.98. The molecular formula is C13H23N3O2S. The summed E-state index contributed by atoms with van der Waals surface area (Å²) in [5, 5.41) is 3.09. The minimum absolute atomic E-state index is 0.282. The van der Waals surface area contributed by atoms with Crippen LogP contribution in [0.3, 0.4) is 0 Å². The monoisotopic (exact) mass is 285 g/mol. The molecule has 1 heterocycles. The van der Waals surface area contributed by atoms with Gasteiger partial charge in [0, 0.05) is 32.4 Å². The Balaban J connectivity index is 2.94. The molecule has 0 unspecified atom stereocenters. The van der Waals surface area contributed by atoms with Gasteiger partial charge in [0.25, 0.3) is 0 Å². The van der Waals surface area contributed by atoms with Crippen molar-refractivity contribution in [2.45, 2.75) is 32.1 Å². The van der Waals surface area contributed by atoms with Gasteiger partial charge in [-0.05, 0) is 18.4 Å². The third kappa shape index (κ3) is 4.47. The lowest BCUT2D eigenvalue weighted by Crippen LogP contribution is -2.30. The van der Waals surface area contributed by atoms with Crippen LogP contribution in [-0.4, -0.2) is 37.8 Å². The maximum Gasteiger partial charge on any atom is 0.243 e. The molecule has 1 aromatic heterocycles. The van der Waals surface area contributed by atoms with Crippen molar-refractivity contribution in [3.8, 4) is 0 Å². The minimum atomic E-state index is -3.43. The first-order chi connectivity index (χ1) is 8.87. The highest BCUT2D eigenvalue weighted by molar-refractivity contribution is 7.89. The van der Waals surface area contributed by atoms with E-state index in [1.807, 2.05) is 20.8 Å². The van der Waals surface area contributed by atoms with Crippen molar-refractivity contribution >= 4 is 15.8 Å². The number of hydrogen-bond acceptors (Lipinski definition) is 4. The maximum absolute atomic E-state index is 12.4. The SMILES string of the molecule is CCCNc1cc(S(=O)(=O)N(C)CC(C)C)ccn1. The fourth-order valence-corrected chi connectivity index (χ4v) is 3.06. The van der Waals surface area contributed by atoms with E-state index >= 15 is 0 Å². The Morgan fingerprint density at radius 3 is 2.68 bits per heavy atom. The fourth-order valence-electron chi connectivity index (χ4n) is 1.71. The van der Waals surface area contributed by atoms with Crippen LogP contribution < -0.4 is 5.32 Å². The summed E-state index contributed by atoms with van der Waals surface area (Å²) in [7, 11) is -1.82. The molecular weight excluding hydrogens is 262 g/mol. The lowest BCUT2D eigenvalue weighted by Gasteiger charge is -2.19. The van der Waals surface area contributed by atoms with Gasteiger partial charge in [0.1, 0.15) is 5.82 Å². The Morgan fingerprint density at radius 1 is 1.42 bits per heavy atom. The molecule has 108 valence electrons. The molecule has 0 saturated heterocycles. The molecule has 1 aromatic rings. The number of pyridine rings is 1.